The Kier molecular flexibility index (Phi) is 5.87. The Balaban J connectivity index is 1.74. The van der Waals surface area contributed by atoms with Crippen molar-refractivity contribution in [3.05, 3.63) is 77.2 Å². The number of carboxylic acid groups (broad SMARTS) is 1. The first-order valence-electron chi connectivity index (χ1n) is 10.5. The third-order valence-electron chi connectivity index (χ3n) is 5.69. The predicted octanol–water partition coefficient (Wildman–Crippen LogP) is 3.09. The summed E-state index contributed by atoms with van der Waals surface area (Å²) in [6, 6.07) is 13.8. The summed E-state index contributed by atoms with van der Waals surface area (Å²) in [6.45, 7) is 2.50. The highest BCUT2D eigenvalue weighted by molar-refractivity contribution is 5.75. The lowest BCUT2D eigenvalue weighted by Crippen LogP contribution is -2.31. The number of aryl methyl sites for hydroxylation is 1. The van der Waals surface area contributed by atoms with Crippen molar-refractivity contribution in [2.24, 2.45) is 18.6 Å². The average molecular weight is 433 g/mol. The van der Waals surface area contributed by atoms with Crippen LogP contribution in [0.3, 0.4) is 0 Å². The van der Waals surface area contributed by atoms with Gasteiger partial charge in [0.05, 0.1) is 24.4 Å². The first kappa shape index (κ1) is 21.5. The molecule has 1 atom stereocenters. The van der Waals surface area contributed by atoms with Crippen LogP contribution in [0.2, 0.25) is 0 Å². The molecule has 8 nitrogen and oxygen atoms in total. The number of hydrazine groups is 1. The molecule has 6 N–H and O–H groups in total. The number of carbonyl (C=O) groups is 1. The number of allylic oxidation sites excluding steroid dienone is 1. The van der Waals surface area contributed by atoms with Gasteiger partial charge < -0.3 is 21.2 Å². The molecular formula is C24H28N6O2. The first-order chi connectivity index (χ1) is 15.3. The normalized spacial score (nSPS) is 17.5. The Morgan fingerprint density at radius 1 is 1.22 bits per heavy atom. The predicted molar refractivity (Wildman–Crippen MR) is 125 cm³/mol. The van der Waals surface area contributed by atoms with Gasteiger partial charge in [-0.25, -0.2) is 5.84 Å². The zero-order chi connectivity index (χ0) is 22.8. The van der Waals surface area contributed by atoms with Crippen molar-refractivity contribution in [2.75, 3.05) is 11.9 Å². The monoisotopic (exact) mass is 432 g/mol. The second-order valence-corrected chi connectivity index (χ2v) is 8.18. The molecule has 0 aliphatic carbocycles. The fourth-order valence-corrected chi connectivity index (χ4v) is 4.19. The van der Waals surface area contributed by atoms with Crippen LogP contribution < -0.4 is 16.9 Å². The summed E-state index contributed by atoms with van der Waals surface area (Å²) in [4.78, 5) is 11.0. The van der Waals surface area contributed by atoms with Crippen molar-refractivity contribution in [3.8, 4) is 11.1 Å². The maximum absolute atomic E-state index is 11.0. The van der Waals surface area contributed by atoms with Crippen molar-refractivity contribution in [1.29, 1.82) is 0 Å². The summed E-state index contributed by atoms with van der Waals surface area (Å²) < 4.78 is 1.78. The molecule has 2 heterocycles. The van der Waals surface area contributed by atoms with Crippen LogP contribution in [-0.2, 0) is 18.3 Å². The average Bonchev–Trinajstić information content (AvgIpc) is 3.12. The van der Waals surface area contributed by atoms with Crippen LogP contribution in [0.1, 0.15) is 36.1 Å². The van der Waals surface area contributed by atoms with Gasteiger partial charge in [0, 0.05) is 42.3 Å². The fraction of sp³-hybridized carbons (Fsp3) is 0.250. The molecule has 0 fully saturated rings. The number of carboxylic acids is 1. The largest absolute Gasteiger partial charge is 0.481 e. The molecule has 0 saturated carbocycles. The molecule has 1 unspecified atom stereocenters. The Morgan fingerprint density at radius 2 is 1.97 bits per heavy atom. The van der Waals surface area contributed by atoms with Crippen molar-refractivity contribution >= 4 is 17.4 Å². The molecule has 1 aromatic heterocycles. The molecule has 0 radical (unpaired) electrons. The third kappa shape index (κ3) is 4.45. The minimum absolute atomic E-state index is 0.00477. The van der Waals surface area contributed by atoms with Crippen LogP contribution in [0.5, 0.6) is 0 Å². The van der Waals surface area contributed by atoms with Gasteiger partial charge in [0.25, 0.3) is 0 Å². The molecule has 0 amide bonds. The Morgan fingerprint density at radius 3 is 2.59 bits per heavy atom. The quantitative estimate of drug-likeness (QED) is 0.457. The van der Waals surface area contributed by atoms with Gasteiger partial charge in [0.2, 0.25) is 0 Å². The summed E-state index contributed by atoms with van der Waals surface area (Å²) in [6.07, 6.45) is 4.62. The van der Waals surface area contributed by atoms with Crippen LogP contribution in [0.25, 0.3) is 16.8 Å². The second kappa shape index (κ2) is 8.76. The van der Waals surface area contributed by atoms with E-state index < -0.39 is 5.97 Å². The summed E-state index contributed by atoms with van der Waals surface area (Å²) in [5.74, 6) is 5.53. The number of nitrogens with one attached hydrogen (secondary N) is 1. The topological polar surface area (TPSA) is 122 Å². The van der Waals surface area contributed by atoms with E-state index in [4.69, 9.17) is 16.7 Å². The zero-order valence-electron chi connectivity index (χ0n) is 18.2. The number of benzene rings is 2. The Labute approximate surface area is 187 Å². The number of aliphatic carboxylic acids is 1. The minimum Gasteiger partial charge on any atom is -0.481 e. The Hall–Kier alpha value is -3.78. The maximum atomic E-state index is 11.0. The lowest BCUT2D eigenvalue weighted by atomic mass is 9.93. The number of nitrogens with zero attached hydrogens (tertiary/aromatic N) is 3. The number of fused-ring (bicyclic) bond motifs is 1. The van der Waals surface area contributed by atoms with E-state index in [1.165, 1.54) is 0 Å². The third-order valence-corrected chi connectivity index (χ3v) is 5.69. The van der Waals surface area contributed by atoms with Gasteiger partial charge in [-0.1, -0.05) is 24.3 Å². The molecule has 0 spiro atoms. The van der Waals surface area contributed by atoms with Crippen molar-refractivity contribution in [2.45, 2.75) is 25.8 Å². The van der Waals surface area contributed by atoms with Crippen molar-refractivity contribution in [3.63, 3.8) is 0 Å². The molecule has 0 saturated heterocycles. The zero-order valence-corrected chi connectivity index (χ0v) is 18.2. The van der Waals surface area contributed by atoms with E-state index in [1.807, 2.05) is 50.6 Å². The van der Waals surface area contributed by atoms with Crippen LogP contribution >= 0.6 is 0 Å². The van der Waals surface area contributed by atoms with E-state index in [1.54, 1.807) is 9.69 Å². The molecule has 1 aliphatic heterocycles. The highest BCUT2D eigenvalue weighted by atomic mass is 16.4. The summed E-state index contributed by atoms with van der Waals surface area (Å²) in [5, 5.41) is 18.6. The SMILES string of the molecule is C/C(N)=C1\c2ccc(-c3cnn(C)c3)cc2C(Nc2ccc(CC(=O)O)cc2)CCN1N. The van der Waals surface area contributed by atoms with Crippen molar-refractivity contribution < 1.29 is 9.90 Å². The molecule has 166 valence electrons. The number of hydrogen-bond donors (Lipinski definition) is 4. The van der Waals surface area contributed by atoms with Gasteiger partial charge in [-0.15, -0.1) is 0 Å². The van der Waals surface area contributed by atoms with Gasteiger partial charge in [0.15, 0.2) is 0 Å². The molecular weight excluding hydrogens is 404 g/mol. The standard InChI is InChI=1S/C24H28N6O2/c1-15(25)24-20-8-5-17(18-13-27-29(2)14-18)12-21(20)22(9-10-30(24)26)28-19-6-3-16(4-7-19)11-23(31)32/h3-8,12-14,22,28H,9-11,25-26H2,1-2H3,(H,31,32)/b24-15-. The highest BCUT2D eigenvalue weighted by Gasteiger charge is 2.26. The molecule has 4 rings (SSSR count). The lowest BCUT2D eigenvalue weighted by molar-refractivity contribution is -0.136. The van der Waals surface area contributed by atoms with Crippen LogP contribution in [0.15, 0.2) is 60.6 Å². The van der Waals surface area contributed by atoms with E-state index in [2.05, 4.69) is 28.6 Å². The van der Waals surface area contributed by atoms with E-state index in [-0.39, 0.29) is 12.5 Å². The van der Waals surface area contributed by atoms with Gasteiger partial charge in [-0.2, -0.15) is 5.10 Å². The second-order valence-electron chi connectivity index (χ2n) is 8.18. The number of nitrogens with two attached hydrogens (primary N) is 2. The molecule has 1 aliphatic rings. The molecule has 32 heavy (non-hydrogen) atoms. The number of anilines is 1. The molecule has 8 heteroatoms. The van der Waals surface area contributed by atoms with E-state index in [0.717, 1.165) is 45.6 Å². The first-order valence-corrected chi connectivity index (χ1v) is 10.5. The minimum atomic E-state index is -0.842. The summed E-state index contributed by atoms with van der Waals surface area (Å²) >= 11 is 0. The Bertz CT molecular complexity index is 1160. The number of hydrogen-bond acceptors (Lipinski definition) is 6. The van der Waals surface area contributed by atoms with Gasteiger partial charge in [-0.3, -0.25) is 9.48 Å². The fourth-order valence-electron chi connectivity index (χ4n) is 4.19. The number of aromatic nitrogens is 2. The van der Waals surface area contributed by atoms with Gasteiger partial charge >= 0.3 is 5.97 Å². The van der Waals surface area contributed by atoms with Crippen LogP contribution in [0.4, 0.5) is 5.69 Å². The summed E-state index contributed by atoms with van der Waals surface area (Å²) in [7, 11) is 1.90. The maximum Gasteiger partial charge on any atom is 0.307 e. The van der Waals surface area contributed by atoms with Crippen molar-refractivity contribution in [1.82, 2.24) is 14.8 Å². The lowest BCUT2D eigenvalue weighted by Gasteiger charge is -2.22. The van der Waals surface area contributed by atoms with E-state index in [0.29, 0.717) is 12.2 Å². The molecule has 2 aromatic carbocycles. The molecule has 3 aromatic rings. The van der Waals surface area contributed by atoms with Crippen LogP contribution in [-0.4, -0.2) is 32.4 Å². The van der Waals surface area contributed by atoms with Gasteiger partial charge in [0.1, 0.15) is 0 Å². The smallest absolute Gasteiger partial charge is 0.307 e. The van der Waals surface area contributed by atoms with E-state index in [9.17, 15) is 4.79 Å². The van der Waals surface area contributed by atoms with E-state index >= 15 is 0 Å². The van der Waals surface area contributed by atoms with Gasteiger partial charge in [-0.05, 0) is 48.2 Å². The summed E-state index contributed by atoms with van der Waals surface area (Å²) in [5.41, 5.74) is 13.6. The molecule has 0 bridgehead atoms. The highest BCUT2D eigenvalue weighted by Crippen LogP contribution is 2.37. The van der Waals surface area contributed by atoms with Crippen LogP contribution in [0, 0.1) is 0 Å². The number of rotatable bonds is 5.